The van der Waals surface area contributed by atoms with Crippen LogP contribution in [0.1, 0.15) is 29.6 Å². The van der Waals surface area contributed by atoms with Gasteiger partial charge in [0.15, 0.2) is 0 Å². The molecule has 1 spiro atoms. The predicted molar refractivity (Wildman–Crippen MR) is 99.2 cm³/mol. The maximum absolute atomic E-state index is 13.0. The molecule has 0 aromatic carbocycles. The summed E-state index contributed by atoms with van der Waals surface area (Å²) in [5, 5.41) is 0. The van der Waals surface area contributed by atoms with Crippen LogP contribution in [0.3, 0.4) is 0 Å². The zero-order chi connectivity index (χ0) is 18.7. The molecule has 2 fully saturated rings. The molecule has 0 bridgehead atoms. The Balaban J connectivity index is 1.69. The van der Waals surface area contributed by atoms with E-state index >= 15 is 0 Å². The number of carbonyl (C=O) groups is 2. The fraction of sp³-hybridized carbons (Fsp3) is 0.632. The van der Waals surface area contributed by atoms with Gasteiger partial charge < -0.3 is 19.4 Å². The molecule has 1 atom stereocenters. The third-order valence-corrected chi connectivity index (χ3v) is 5.48. The first-order valence-corrected chi connectivity index (χ1v) is 9.18. The van der Waals surface area contributed by atoms with Crippen LogP contribution in [0.4, 0.5) is 5.82 Å². The Kier molecular flexibility index (Phi) is 5.46. The van der Waals surface area contributed by atoms with Gasteiger partial charge in [-0.15, -0.1) is 0 Å². The van der Waals surface area contributed by atoms with Crippen LogP contribution in [0.25, 0.3) is 0 Å². The minimum Gasteiger partial charge on any atom is -0.383 e. The molecule has 26 heavy (non-hydrogen) atoms. The summed E-state index contributed by atoms with van der Waals surface area (Å²) in [7, 11) is 5.48. The van der Waals surface area contributed by atoms with Crippen LogP contribution in [0.5, 0.6) is 0 Å². The van der Waals surface area contributed by atoms with Gasteiger partial charge in [0.1, 0.15) is 5.82 Å². The Hall–Kier alpha value is -2.15. The molecule has 3 rings (SSSR count). The summed E-state index contributed by atoms with van der Waals surface area (Å²) in [6.45, 7) is 3.09. The molecule has 2 saturated heterocycles. The van der Waals surface area contributed by atoms with E-state index in [4.69, 9.17) is 4.74 Å². The average molecular weight is 360 g/mol. The summed E-state index contributed by atoms with van der Waals surface area (Å²) in [6, 6.07) is 3.65. The highest BCUT2D eigenvalue weighted by atomic mass is 16.5. The van der Waals surface area contributed by atoms with E-state index in [0.717, 1.165) is 31.6 Å². The Morgan fingerprint density at radius 1 is 1.31 bits per heavy atom. The maximum atomic E-state index is 13.0. The number of pyridine rings is 1. The Bertz CT molecular complexity index is 661. The van der Waals surface area contributed by atoms with Gasteiger partial charge in [0.25, 0.3) is 5.91 Å². The van der Waals surface area contributed by atoms with Crippen molar-refractivity contribution in [3.63, 3.8) is 0 Å². The van der Waals surface area contributed by atoms with E-state index in [1.54, 1.807) is 13.3 Å². The first kappa shape index (κ1) is 18.6. The minimum absolute atomic E-state index is 0.0403. The van der Waals surface area contributed by atoms with Gasteiger partial charge in [0.2, 0.25) is 5.91 Å². The fourth-order valence-electron chi connectivity index (χ4n) is 3.95. The number of likely N-dealkylation sites (tertiary alicyclic amines) is 2. The summed E-state index contributed by atoms with van der Waals surface area (Å²) in [4.78, 5) is 35.8. The van der Waals surface area contributed by atoms with Crippen molar-refractivity contribution in [3.05, 3.63) is 23.9 Å². The lowest BCUT2D eigenvalue weighted by Crippen LogP contribution is -2.51. The topological polar surface area (TPSA) is 66.0 Å². The van der Waals surface area contributed by atoms with Gasteiger partial charge in [-0.25, -0.2) is 4.98 Å². The van der Waals surface area contributed by atoms with Crippen LogP contribution in [0.15, 0.2) is 18.3 Å². The summed E-state index contributed by atoms with van der Waals surface area (Å²) in [5.74, 6) is 0.953. The van der Waals surface area contributed by atoms with Crippen molar-refractivity contribution in [2.75, 3.05) is 58.9 Å². The van der Waals surface area contributed by atoms with Crippen molar-refractivity contribution in [3.8, 4) is 0 Å². The van der Waals surface area contributed by atoms with Crippen LogP contribution in [-0.2, 0) is 9.53 Å². The second-order valence-corrected chi connectivity index (χ2v) is 7.45. The summed E-state index contributed by atoms with van der Waals surface area (Å²) < 4.78 is 5.12. The molecule has 2 aliphatic rings. The van der Waals surface area contributed by atoms with E-state index in [0.29, 0.717) is 31.8 Å². The SMILES string of the molecule is COCCN1CCC[C@@]2(CCN(C(=O)c3ccc(N(C)C)nc3)C2)C1=O. The Morgan fingerprint density at radius 3 is 2.77 bits per heavy atom. The predicted octanol–water partition coefficient (Wildman–Crippen LogP) is 1.25. The second-order valence-electron chi connectivity index (χ2n) is 7.45. The molecule has 7 nitrogen and oxygen atoms in total. The number of piperidine rings is 1. The Labute approximate surface area is 154 Å². The number of methoxy groups -OCH3 is 1. The number of rotatable bonds is 5. The van der Waals surface area contributed by atoms with Gasteiger partial charge in [-0.3, -0.25) is 9.59 Å². The highest BCUT2D eigenvalue weighted by molar-refractivity contribution is 5.95. The smallest absolute Gasteiger partial charge is 0.255 e. The van der Waals surface area contributed by atoms with E-state index in [-0.39, 0.29) is 11.8 Å². The van der Waals surface area contributed by atoms with Gasteiger partial charge in [0, 0.05) is 53.6 Å². The largest absolute Gasteiger partial charge is 0.383 e. The molecule has 3 heterocycles. The monoisotopic (exact) mass is 360 g/mol. The van der Waals surface area contributed by atoms with E-state index in [1.165, 1.54) is 0 Å². The van der Waals surface area contributed by atoms with Crippen molar-refractivity contribution in [1.29, 1.82) is 0 Å². The molecule has 0 unspecified atom stereocenters. The molecule has 2 aliphatic heterocycles. The molecule has 1 aromatic rings. The number of hydrogen-bond acceptors (Lipinski definition) is 5. The zero-order valence-corrected chi connectivity index (χ0v) is 15.9. The number of hydrogen-bond donors (Lipinski definition) is 0. The summed E-state index contributed by atoms with van der Waals surface area (Å²) in [5.41, 5.74) is 0.158. The third kappa shape index (κ3) is 3.53. The van der Waals surface area contributed by atoms with Crippen LogP contribution < -0.4 is 4.90 Å². The molecule has 0 N–H and O–H groups in total. The lowest BCUT2D eigenvalue weighted by atomic mass is 9.78. The van der Waals surface area contributed by atoms with E-state index in [2.05, 4.69) is 4.98 Å². The molecule has 0 saturated carbocycles. The lowest BCUT2D eigenvalue weighted by Gasteiger charge is -2.39. The standard InChI is InChI=1S/C19H28N4O3/c1-21(2)16-6-5-15(13-20-16)17(24)23-10-8-19(14-23)7-4-9-22(18(19)25)11-12-26-3/h5-6,13H,4,7-12,14H2,1-3H3/t19-/m0/s1. The Morgan fingerprint density at radius 2 is 2.12 bits per heavy atom. The van der Waals surface area contributed by atoms with E-state index in [9.17, 15) is 9.59 Å². The lowest BCUT2D eigenvalue weighted by molar-refractivity contribution is -0.146. The normalized spacial score (nSPS) is 23.0. The van der Waals surface area contributed by atoms with Crippen molar-refractivity contribution >= 4 is 17.6 Å². The molecule has 142 valence electrons. The second kappa shape index (κ2) is 7.61. The first-order valence-electron chi connectivity index (χ1n) is 9.18. The average Bonchev–Trinajstić information content (AvgIpc) is 3.07. The van der Waals surface area contributed by atoms with Crippen molar-refractivity contribution in [2.45, 2.75) is 19.3 Å². The van der Waals surface area contributed by atoms with E-state index < -0.39 is 5.41 Å². The fourth-order valence-corrected chi connectivity index (χ4v) is 3.95. The first-order chi connectivity index (χ1) is 12.5. The highest BCUT2D eigenvalue weighted by Gasteiger charge is 2.49. The molecule has 0 radical (unpaired) electrons. The van der Waals surface area contributed by atoms with Gasteiger partial charge in [-0.1, -0.05) is 0 Å². The zero-order valence-electron chi connectivity index (χ0n) is 15.9. The molecular formula is C19H28N4O3. The minimum atomic E-state index is -0.418. The van der Waals surface area contributed by atoms with Crippen LogP contribution in [0.2, 0.25) is 0 Å². The number of aromatic nitrogens is 1. The third-order valence-electron chi connectivity index (χ3n) is 5.48. The van der Waals surface area contributed by atoms with Crippen LogP contribution >= 0.6 is 0 Å². The molecule has 7 heteroatoms. The van der Waals surface area contributed by atoms with Gasteiger partial charge in [-0.05, 0) is 31.4 Å². The van der Waals surface area contributed by atoms with Crippen molar-refractivity contribution in [1.82, 2.24) is 14.8 Å². The molecule has 0 aliphatic carbocycles. The van der Waals surface area contributed by atoms with E-state index in [1.807, 2.05) is 40.9 Å². The number of nitrogens with zero attached hydrogens (tertiary/aromatic N) is 4. The van der Waals surface area contributed by atoms with Gasteiger partial charge >= 0.3 is 0 Å². The number of ether oxygens (including phenoxy) is 1. The van der Waals surface area contributed by atoms with Crippen molar-refractivity contribution < 1.29 is 14.3 Å². The van der Waals surface area contributed by atoms with Gasteiger partial charge in [0.05, 0.1) is 17.6 Å². The quantitative estimate of drug-likeness (QED) is 0.791. The molecule has 2 amide bonds. The number of carbonyl (C=O) groups excluding carboxylic acids is 2. The molecular weight excluding hydrogens is 332 g/mol. The summed E-state index contributed by atoms with van der Waals surface area (Å²) >= 11 is 0. The molecule has 1 aromatic heterocycles. The summed E-state index contributed by atoms with van der Waals surface area (Å²) in [6.07, 6.45) is 4.20. The van der Waals surface area contributed by atoms with Crippen molar-refractivity contribution in [2.24, 2.45) is 5.41 Å². The highest BCUT2D eigenvalue weighted by Crippen LogP contribution is 2.40. The van der Waals surface area contributed by atoms with Crippen LogP contribution in [0, 0.1) is 5.41 Å². The maximum Gasteiger partial charge on any atom is 0.255 e. The number of amides is 2. The number of anilines is 1. The van der Waals surface area contributed by atoms with Crippen LogP contribution in [-0.4, -0.2) is 80.6 Å². The van der Waals surface area contributed by atoms with Gasteiger partial charge in [-0.2, -0.15) is 0 Å².